The highest BCUT2D eigenvalue weighted by molar-refractivity contribution is 5.84. The van der Waals surface area contributed by atoms with Crippen molar-refractivity contribution in [2.75, 3.05) is 6.54 Å². The number of H-pyrrole nitrogens is 1. The molecular weight excluding hydrogens is 218 g/mol. The van der Waals surface area contributed by atoms with Crippen LogP contribution >= 0.6 is 0 Å². The van der Waals surface area contributed by atoms with Crippen molar-refractivity contribution in [1.82, 2.24) is 9.97 Å². The second kappa shape index (κ2) is 5.16. The molecule has 0 bridgehead atoms. The third-order valence-corrected chi connectivity index (χ3v) is 2.34. The minimum Gasteiger partial charge on any atom is -0.504 e. The zero-order valence-electron chi connectivity index (χ0n) is 9.17. The summed E-state index contributed by atoms with van der Waals surface area (Å²) in [6.45, 7) is 0.595. The summed E-state index contributed by atoms with van der Waals surface area (Å²) >= 11 is 0. The lowest BCUT2D eigenvalue weighted by Crippen LogP contribution is -1.91. The Kier molecular flexibility index (Phi) is 3.40. The Morgan fingerprint density at radius 2 is 2.24 bits per heavy atom. The van der Waals surface area contributed by atoms with Crippen molar-refractivity contribution in [3.63, 3.8) is 0 Å². The molecule has 2 aromatic rings. The van der Waals surface area contributed by atoms with Gasteiger partial charge in [-0.25, -0.2) is 4.98 Å². The highest BCUT2D eigenvalue weighted by Crippen LogP contribution is 2.26. The van der Waals surface area contributed by atoms with E-state index >= 15 is 0 Å². The zero-order chi connectivity index (χ0) is 12.1. The summed E-state index contributed by atoms with van der Waals surface area (Å²) in [6.07, 6.45) is 5.68. The first kappa shape index (κ1) is 11.2. The maximum absolute atomic E-state index is 9.52. The lowest BCUT2D eigenvalue weighted by Gasteiger charge is -2.00. The van der Waals surface area contributed by atoms with E-state index in [2.05, 4.69) is 15.0 Å². The molecule has 3 N–H and O–H groups in total. The van der Waals surface area contributed by atoms with Gasteiger partial charge in [0, 0.05) is 36.6 Å². The molecule has 0 radical (unpaired) electrons. The van der Waals surface area contributed by atoms with Gasteiger partial charge >= 0.3 is 0 Å². The van der Waals surface area contributed by atoms with Gasteiger partial charge in [0.25, 0.3) is 0 Å². The van der Waals surface area contributed by atoms with Gasteiger partial charge in [0.1, 0.15) is 0 Å². The van der Waals surface area contributed by atoms with Crippen molar-refractivity contribution in [3.8, 4) is 11.5 Å². The molecule has 2 rings (SSSR count). The monoisotopic (exact) mass is 231 g/mol. The van der Waals surface area contributed by atoms with Crippen molar-refractivity contribution in [2.45, 2.75) is 6.42 Å². The van der Waals surface area contributed by atoms with E-state index in [4.69, 9.17) is 0 Å². The summed E-state index contributed by atoms with van der Waals surface area (Å²) in [4.78, 5) is 11.1. The number of aromatic hydroxyl groups is 2. The topological polar surface area (TPSA) is 81.5 Å². The number of phenols is 2. The molecule has 5 heteroatoms. The predicted molar refractivity (Wildman–Crippen MR) is 64.5 cm³/mol. The third-order valence-electron chi connectivity index (χ3n) is 2.34. The normalized spacial score (nSPS) is 11.1. The van der Waals surface area contributed by atoms with Crippen molar-refractivity contribution in [3.05, 3.63) is 42.0 Å². The second-order valence-corrected chi connectivity index (χ2v) is 3.58. The van der Waals surface area contributed by atoms with Crippen LogP contribution in [0.5, 0.6) is 11.5 Å². The molecule has 0 amide bonds. The molecule has 0 unspecified atom stereocenters. The number of aromatic nitrogens is 2. The van der Waals surface area contributed by atoms with Crippen LogP contribution in [-0.4, -0.2) is 32.9 Å². The maximum atomic E-state index is 9.52. The Morgan fingerprint density at radius 3 is 3.00 bits per heavy atom. The number of nitrogens with one attached hydrogen (secondary N) is 1. The summed E-state index contributed by atoms with van der Waals surface area (Å²) in [7, 11) is 0. The summed E-state index contributed by atoms with van der Waals surface area (Å²) < 4.78 is 0. The van der Waals surface area contributed by atoms with Gasteiger partial charge in [-0.1, -0.05) is 6.07 Å². The van der Waals surface area contributed by atoms with Crippen LogP contribution in [-0.2, 0) is 6.42 Å². The van der Waals surface area contributed by atoms with Gasteiger partial charge in [-0.3, -0.25) is 4.99 Å². The van der Waals surface area contributed by atoms with Gasteiger partial charge < -0.3 is 15.2 Å². The standard InChI is InChI=1S/C12H13N3O2/c16-11-3-1-2-9(12(11)17)6-13-5-4-10-7-14-8-15-10/h1-3,6-8,16-17H,4-5H2,(H,14,15). The SMILES string of the molecule is Oc1cccc(C=NCCc2cnc[nH]2)c1O. The van der Waals surface area contributed by atoms with Crippen LogP contribution in [0.25, 0.3) is 0 Å². The molecule has 0 aliphatic rings. The summed E-state index contributed by atoms with van der Waals surface area (Å²) in [6, 6.07) is 4.78. The van der Waals surface area contributed by atoms with E-state index in [0.29, 0.717) is 12.1 Å². The summed E-state index contributed by atoms with van der Waals surface area (Å²) in [5, 5.41) is 18.8. The van der Waals surface area contributed by atoms with E-state index in [0.717, 1.165) is 12.1 Å². The lowest BCUT2D eigenvalue weighted by molar-refractivity contribution is 0.403. The van der Waals surface area contributed by atoms with Gasteiger partial charge in [0.05, 0.1) is 6.33 Å². The number of nitrogens with zero attached hydrogens (tertiary/aromatic N) is 2. The maximum Gasteiger partial charge on any atom is 0.166 e. The molecule has 0 saturated heterocycles. The van der Waals surface area contributed by atoms with Crippen molar-refractivity contribution < 1.29 is 10.2 Å². The molecule has 1 heterocycles. The van der Waals surface area contributed by atoms with E-state index in [1.165, 1.54) is 6.07 Å². The number of phenolic OH excluding ortho intramolecular Hbond substituents is 2. The molecule has 1 aromatic heterocycles. The molecule has 0 aliphatic heterocycles. The lowest BCUT2D eigenvalue weighted by atomic mass is 10.2. The summed E-state index contributed by atoms with van der Waals surface area (Å²) in [5.74, 6) is -0.277. The van der Waals surface area contributed by atoms with Gasteiger partial charge in [-0.05, 0) is 12.1 Å². The first-order chi connectivity index (χ1) is 8.27. The van der Waals surface area contributed by atoms with Gasteiger partial charge in [0.15, 0.2) is 11.5 Å². The Balaban J connectivity index is 1.94. The number of hydrogen-bond donors (Lipinski definition) is 3. The fraction of sp³-hybridized carbons (Fsp3) is 0.167. The Hall–Kier alpha value is -2.30. The molecule has 1 aromatic carbocycles. The number of rotatable bonds is 4. The molecule has 0 spiro atoms. The molecule has 88 valence electrons. The first-order valence-corrected chi connectivity index (χ1v) is 5.25. The first-order valence-electron chi connectivity index (χ1n) is 5.25. The van der Waals surface area contributed by atoms with E-state index < -0.39 is 0 Å². The van der Waals surface area contributed by atoms with Crippen LogP contribution in [0.15, 0.2) is 35.7 Å². The number of aromatic amines is 1. The molecule has 0 fully saturated rings. The van der Waals surface area contributed by atoms with E-state index in [1.807, 2.05) is 0 Å². The van der Waals surface area contributed by atoms with Crippen LogP contribution in [0.2, 0.25) is 0 Å². The average molecular weight is 231 g/mol. The van der Waals surface area contributed by atoms with Crippen molar-refractivity contribution in [1.29, 1.82) is 0 Å². The molecule has 5 nitrogen and oxygen atoms in total. The Labute approximate surface area is 98.5 Å². The fourth-order valence-electron chi connectivity index (χ4n) is 1.42. The predicted octanol–water partition coefficient (Wildman–Crippen LogP) is 1.48. The van der Waals surface area contributed by atoms with Crippen LogP contribution in [0.1, 0.15) is 11.3 Å². The largest absolute Gasteiger partial charge is 0.504 e. The fourth-order valence-corrected chi connectivity index (χ4v) is 1.42. The van der Waals surface area contributed by atoms with E-state index in [1.54, 1.807) is 30.9 Å². The van der Waals surface area contributed by atoms with Crippen molar-refractivity contribution >= 4 is 6.21 Å². The molecular formula is C12H13N3O2. The zero-order valence-corrected chi connectivity index (χ0v) is 9.17. The molecule has 17 heavy (non-hydrogen) atoms. The summed E-state index contributed by atoms with van der Waals surface area (Å²) in [5.41, 5.74) is 1.52. The average Bonchev–Trinajstić information content (AvgIpc) is 2.83. The third kappa shape index (κ3) is 2.84. The van der Waals surface area contributed by atoms with Gasteiger partial charge in [-0.2, -0.15) is 0 Å². The van der Waals surface area contributed by atoms with Gasteiger partial charge in [0.2, 0.25) is 0 Å². The highest BCUT2D eigenvalue weighted by Gasteiger charge is 2.02. The molecule has 0 aliphatic carbocycles. The number of benzene rings is 1. The number of hydrogen-bond acceptors (Lipinski definition) is 4. The number of para-hydroxylation sites is 1. The van der Waals surface area contributed by atoms with Crippen molar-refractivity contribution in [2.24, 2.45) is 4.99 Å². The minimum absolute atomic E-state index is 0.137. The smallest absolute Gasteiger partial charge is 0.166 e. The van der Waals surface area contributed by atoms with Crippen LogP contribution in [0, 0.1) is 0 Å². The number of aliphatic imine (C=N–C) groups is 1. The highest BCUT2D eigenvalue weighted by atomic mass is 16.3. The minimum atomic E-state index is -0.141. The van der Waals surface area contributed by atoms with Crippen LogP contribution in [0.3, 0.4) is 0 Å². The van der Waals surface area contributed by atoms with Gasteiger partial charge in [-0.15, -0.1) is 0 Å². The van der Waals surface area contributed by atoms with Crippen LogP contribution in [0.4, 0.5) is 0 Å². The quantitative estimate of drug-likeness (QED) is 0.550. The molecule has 0 saturated carbocycles. The number of imidazole rings is 1. The van der Waals surface area contributed by atoms with E-state index in [-0.39, 0.29) is 11.5 Å². The van der Waals surface area contributed by atoms with E-state index in [9.17, 15) is 10.2 Å². The Bertz CT molecular complexity index is 506. The second-order valence-electron chi connectivity index (χ2n) is 3.58. The van der Waals surface area contributed by atoms with Crippen LogP contribution < -0.4 is 0 Å². The Morgan fingerprint density at radius 1 is 1.35 bits per heavy atom. The molecule has 0 atom stereocenters.